The van der Waals surface area contributed by atoms with Crippen molar-refractivity contribution in [2.24, 2.45) is 0 Å². The highest BCUT2D eigenvalue weighted by Gasteiger charge is 2.42. The van der Waals surface area contributed by atoms with E-state index in [1.165, 1.54) is 16.4 Å². The van der Waals surface area contributed by atoms with Crippen LogP contribution in [0.3, 0.4) is 0 Å². The Morgan fingerprint density at radius 3 is 2.18 bits per heavy atom. The molecule has 0 amide bonds. The van der Waals surface area contributed by atoms with Crippen molar-refractivity contribution in [2.75, 3.05) is 26.3 Å². The first kappa shape index (κ1) is 26.3. The van der Waals surface area contributed by atoms with Crippen molar-refractivity contribution in [2.45, 2.75) is 38.7 Å². The van der Waals surface area contributed by atoms with Crippen LogP contribution in [0.2, 0.25) is 0 Å². The number of hydrogen-bond acceptors (Lipinski definition) is 7. The Labute approximate surface area is 201 Å². The van der Waals surface area contributed by atoms with Gasteiger partial charge in [0.25, 0.3) is 0 Å². The van der Waals surface area contributed by atoms with Crippen molar-refractivity contribution in [1.82, 2.24) is 4.31 Å². The van der Waals surface area contributed by atoms with Crippen LogP contribution in [-0.2, 0) is 28.4 Å². The number of sulfonamides is 1. The SMILES string of the molecule is CCOP(=O)(OCC)/C(C)=C1\CN(S(=O)(=O)c2ccc(C)cc2)CC1OC(=O)c1ccccc1. The van der Waals surface area contributed by atoms with E-state index in [0.717, 1.165) is 5.56 Å². The molecule has 2 aromatic carbocycles. The molecule has 1 aliphatic heterocycles. The molecule has 8 nitrogen and oxygen atoms in total. The molecule has 0 N–H and O–H groups in total. The Hall–Kier alpha value is -2.29. The van der Waals surface area contributed by atoms with E-state index in [0.29, 0.717) is 11.1 Å². The molecule has 1 heterocycles. The normalized spacial score (nSPS) is 18.6. The summed E-state index contributed by atoms with van der Waals surface area (Å²) in [7, 11) is -7.59. The van der Waals surface area contributed by atoms with Crippen LogP contribution in [-0.4, -0.2) is 51.1 Å². The van der Waals surface area contributed by atoms with Gasteiger partial charge in [0, 0.05) is 11.9 Å². The Balaban J connectivity index is 2.02. The molecule has 0 saturated carbocycles. The summed E-state index contributed by atoms with van der Waals surface area (Å²) in [4.78, 5) is 12.9. The summed E-state index contributed by atoms with van der Waals surface area (Å²) in [5.41, 5.74) is 1.66. The summed E-state index contributed by atoms with van der Waals surface area (Å²) < 4.78 is 58.0. The third-order valence-corrected chi connectivity index (χ3v) is 9.63. The first-order chi connectivity index (χ1) is 16.1. The van der Waals surface area contributed by atoms with Gasteiger partial charge in [-0.1, -0.05) is 35.9 Å². The molecule has 1 unspecified atom stereocenters. The third-order valence-electron chi connectivity index (χ3n) is 5.50. The molecule has 1 saturated heterocycles. The fourth-order valence-electron chi connectivity index (χ4n) is 3.67. The predicted molar refractivity (Wildman–Crippen MR) is 129 cm³/mol. The van der Waals surface area contributed by atoms with Gasteiger partial charge >= 0.3 is 13.6 Å². The molecular formula is C24H30NO7PS. The average molecular weight is 508 g/mol. The van der Waals surface area contributed by atoms with Crippen molar-refractivity contribution < 1.29 is 31.6 Å². The number of ether oxygens (including phenoxy) is 1. The average Bonchev–Trinajstić information content (AvgIpc) is 3.24. The maximum absolute atomic E-state index is 13.5. The van der Waals surface area contributed by atoms with Gasteiger partial charge in [-0.05, 0) is 57.5 Å². The molecule has 1 fully saturated rings. The van der Waals surface area contributed by atoms with Crippen LogP contribution < -0.4 is 0 Å². The highest BCUT2D eigenvalue weighted by molar-refractivity contribution is 7.89. The second-order valence-electron chi connectivity index (χ2n) is 7.81. The smallest absolute Gasteiger partial charge is 0.357 e. The van der Waals surface area contributed by atoms with Gasteiger partial charge in [-0.2, -0.15) is 4.31 Å². The van der Waals surface area contributed by atoms with E-state index in [9.17, 15) is 17.8 Å². The number of aryl methyl sites for hydroxylation is 1. The van der Waals surface area contributed by atoms with Gasteiger partial charge in [-0.15, -0.1) is 0 Å². The molecule has 3 rings (SSSR count). The fraction of sp³-hybridized carbons (Fsp3) is 0.375. The molecule has 1 atom stereocenters. The molecule has 0 spiro atoms. The van der Waals surface area contributed by atoms with E-state index in [2.05, 4.69) is 0 Å². The van der Waals surface area contributed by atoms with E-state index in [1.54, 1.807) is 63.2 Å². The highest BCUT2D eigenvalue weighted by Crippen LogP contribution is 2.58. The van der Waals surface area contributed by atoms with Crippen LogP contribution in [0.4, 0.5) is 0 Å². The van der Waals surface area contributed by atoms with E-state index >= 15 is 0 Å². The Bertz CT molecular complexity index is 1180. The number of esters is 1. The van der Waals surface area contributed by atoms with Crippen molar-refractivity contribution >= 4 is 23.6 Å². The van der Waals surface area contributed by atoms with Gasteiger partial charge in [0.2, 0.25) is 10.0 Å². The van der Waals surface area contributed by atoms with Gasteiger partial charge in [0.05, 0.1) is 30.2 Å². The summed E-state index contributed by atoms with van der Waals surface area (Å²) in [6, 6.07) is 14.9. The summed E-state index contributed by atoms with van der Waals surface area (Å²) in [6.45, 7) is 6.90. The lowest BCUT2D eigenvalue weighted by Gasteiger charge is -2.21. The summed E-state index contributed by atoms with van der Waals surface area (Å²) in [6.07, 6.45) is -0.942. The van der Waals surface area contributed by atoms with Crippen molar-refractivity contribution in [1.29, 1.82) is 0 Å². The van der Waals surface area contributed by atoms with Crippen LogP contribution in [0.5, 0.6) is 0 Å². The first-order valence-corrected chi connectivity index (χ1v) is 14.0. The van der Waals surface area contributed by atoms with Crippen LogP contribution in [0.15, 0.2) is 70.4 Å². The largest absolute Gasteiger partial charge is 0.453 e. The van der Waals surface area contributed by atoms with Crippen molar-refractivity contribution in [3.05, 3.63) is 76.6 Å². The number of allylic oxidation sites excluding steroid dienone is 1. The lowest BCUT2D eigenvalue weighted by molar-refractivity contribution is 0.0390. The Morgan fingerprint density at radius 1 is 1.03 bits per heavy atom. The molecule has 10 heteroatoms. The molecule has 0 aliphatic carbocycles. The molecule has 1 aliphatic rings. The second-order valence-corrected chi connectivity index (χ2v) is 11.9. The summed E-state index contributed by atoms with van der Waals surface area (Å²) in [5.74, 6) is -0.604. The quantitative estimate of drug-likeness (QED) is 0.356. The van der Waals surface area contributed by atoms with E-state index in [1.807, 2.05) is 6.92 Å². The van der Waals surface area contributed by atoms with Crippen LogP contribution in [0.1, 0.15) is 36.7 Å². The number of rotatable bonds is 9. The van der Waals surface area contributed by atoms with E-state index in [-0.39, 0.29) is 36.5 Å². The van der Waals surface area contributed by atoms with Gasteiger partial charge in [-0.3, -0.25) is 4.57 Å². The van der Waals surface area contributed by atoms with Gasteiger partial charge in [0.1, 0.15) is 6.10 Å². The third kappa shape index (κ3) is 5.67. The van der Waals surface area contributed by atoms with Crippen LogP contribution in [0, 0.1) is 6.92 Å². The predicted octanol–water partition coefficient (Wildman–Crippen LogP) is 4.77. The number of carbonyl (C=O) groups excluding carboxylic acids is 1. The van der Waals surface area contributed by atoms with Crippen LogP contribution >= 0.6 is 7.60 Å². The lowest BCUT2D eigenvalue weighted by atomic mass is 10.2. The topological polar surface area (TPSA) is 99.2 Å². The zero-order valence-corrected chi connectivity index (χ0v) is 21.5. The minimum atomic E-state index is -3.89. The van der Waals surface area contributed by atoms with E-state index < -0.39 is 29.7 Å². The molecule has 0 radical (unpaired) electrons. The molecule has 0 bridgehead atoms. The highest BCUT2D eigenvalue weighted by atomic mass is 32.2. The van der Waals surface area contributed by atoms with Gasteiger partial charge < -0.3 is 13.8 Å². The minimum Gasteiger partial charge on any atom is -0.453 e. The maximum Gasteiger partial charge on any atom is 0.357 e. The zero-order valence-electron chi connectivity index (χ0n) is 19.8. The molecule has 0 aromatic heterocycles. The standard InChI is InChI=1S/C24H30NO7PS/c1-5-30-33(27,31-6-2)19(4)22-16-25(34(28,29)21-14-12-18(3)13-15-21)17-23(22)32-24(26)20-10-8-7-9-11-20/h7-15,23H,5-6,16-17H2,1-4H3/b22-19+. The zero-order chi connectivity index (χ0) is 24.9. The number of carbonyl (C=O) groups is 1. The number of nitrogens with zero attached hydrogens (tertiary/aromatic N) is 1. The molecule has 2 aromatic rings. The fourth-order valence-corrected chi connectivity index (χ4v) is 6.79. The molecule has 184 valence electrons. The van der Waals surface area contributed by atoms with Gasteiger partial charge in [-0.25, -0.2) is 13.2 Å². The molecular weight excluding hydrogens is 477 g/mol. The Morgan fingerprint density at radius 2 is 1.62 bits per heavy atom. The minimum absolute atomic E-state index is 0.0983. The number of hydrogen-bond donors (Lipinski definition) is 0. The Kier molecular flexibility index (Phi) is 8.49. The molecule has 34 heavy (non-hydrogen) atoms. The van der Waals surface area contributed by atoms with Crippen molar-refractivity contribution in [3.8, 4) is 0 Å². The van der Waals surface area contributed by atoms with Crippen LogP contribution in [0.25, 0.3) is 0 Å². The van der Waals surface area contributed by atoms with E-state index in [4.69, 9.17) is 13.8 Å². The van der Waals surface area contributed by atoms with Crippen molar-refractivity contribution in [3.63, 3.8) is 0 Å². The second kappa shape index (κ2) is 11.0. The lowest BCUT2D eigenvalue weighted by Crippen LogP contribution is -2.31. The van der Waals surface area contributed by atoms with Gasteiger partial charge in [0.15, 0.2) is 0 Å². The summed E-state index contributed by atoms with van der Waals surface area (Å²) >= 11 is 0. The first-order valence-electron chi connectivity index (χ1n) is 11.0. The monoisotopic (exact) mass is 507 g/mol. The summed E-state index contributed by atoms with van der Waals surface area (Å²) in [5, 5.41) is 0.253. The maximum atomic E-state index is 13.5. The number of benzene rings is 2.